The molecule has 3 heterocycles. The second-order valence-corrected chi connectivity index (χ2v) is 12.3. The summed E-state index contributed by atoms with van der Waals surface area (Å²) in [6.07, 6.45) is -3.89. The molecule has 0 saturated carbocycles. The van der Waals surface area contributed by atoms with E-state index >= 15 is 0 Å². The molecule has 1 amide bonds. The maximum atomic E-state index is 14.8. The molecule has 2 aromatic carbocycles. The summed E-state index contributed by atoms with van der Waals surface area (Å²) in [5.74, 6) is -5.85. The third-order valence-electron chi connectivity index (χ3n) is 8.06. The second kappa shape index (κ2) is 16.3. The van der Waals surface area contributed by atoms with Gasteiger partial charge >= 0.3 is 12.1 Å². The monoisotopic (exact) mass is 761 g/mol. The van der Waals surface area contributed by atoms with E-state index in [0.717, 1.165) is 0 Å². The van der Waals surface area contributed by atoms with Crippen LogP contribution in [0.1, 0.15) is 40.4 Å². The number of carbonyl (C=O) groups excluding carboxylic acids is 1. The van der Waals surface area contributed by atoms with Gasteiger partial charge < -0.3 is 15.7 Å². The number of carboxylic acid groups (broad SMARTS) is 1. The molecule has 0 saturated heterocycles. The van der Waals surface area contributed by atoms with Gasteiger partial charge in [-0.25, -0.2) is 22.9 Å². The summed E-state index contributed by atoms with van der Waals surface area (Å²) < 4.78 is 71.2. The number of carboxylic acids is 1. The maximum Gasteiger partial charge on any atom is 0.408 e. The molecule has 18 heteroatoms. The van der Waals surface area contributed by atoms with E-state index in [4.69, 9.17) is 11.6 Å². The summed E-state index contributed by atoms with van der Waals surface area (Å²) in [7, 11) is 3.06. The highest BCUT2D eigenvalue weighted by Gasteiger charge is 2.38. The molecule has 0 aliphatic carbocycles. The molecule has 5 aromatic rings. The lowest BCUT2D eigenvalue weighted by molar-refractivity contribution is -0.143. The highest BCUT2D eigenvalue weighted by Crippen LogP contribution is 2.31. The van der Waals surface area contributed by atoms with Crippen LogP contribution < -0.4 is 21.8 Å². The van der Waals surface area contributed by atoms with E-state index < -0.39 is 59.4 Å². The molecule has 3 aromatic heterocycles. The minimum Gasteiger partial charge on any atom is -0.480 e. The third kappa shape index (κ3) is 9.40. The minimum absolute atomic E-state index is 0.137. The minimum atomic E-state index is -4.68. The standard InChI is InChI=1S/C29H26F5N5O4.C6H7ClN2O/c1-4-22(29(32,33)34)36-16-12-19(30)24(20(31)13-16)27(41)37-21(28(42)43)11-15-7-8-18(26-17(15)6-5-9-35-26)25-14(2)10-23(40)39(3)38-25;1-4-3-5(10)9(2)8-6(4)7/h5-10,12-13,21-22,36H,4,11H2,1-3H3,(H,37,41)(H,42,43);3H,1-2H3/t21-,22+;/m0./s1. The van der Waals surface area contributed by atoms with Crippen molar-refractivity contribution in [2.24, 2.45) is 14.1 Å². The number of aliphatic carboxylic acids is 1. The van der Waals surface area contributed by atoms with Crippen LogP contribution in [0.4, 0.5) is 27.6 Å². The quantitative estimate of drug-likeness (QED) is 0.165. The highest BCUT2D eigenvalue weighted by molar-refractivity contribution is 6.30. The lowest BCUT2D eigenvalue weighted by Gasteiger charge is -2.22. The van der Waals surface area contributed by atoms with Crippen molar-refractivity contribution in [1.29, 1.82) is 0 Å². The molecular formula is C35H33ClF5N7O5. The van der Waals surface area contributed by atoms with Crippen LogP contribution in [0.5, 0.6) is 0 Å². The molecule has 280 valence electrons. The lowest BCUT2D eigenvalue weighted by atomic mass is 9.96. The SMILES string of the molecule is CC[C@@H](Nc1cc(F)c(C(=O)N[C@@H](Cc2ccc(-c3nn(C)c(=O)cc3C)c3ncccc23)C(=O)O)c(F)c1)C(F)(F)F.Cc1cc(=O)n(C)nc1Cl. The van der Waals surface area contributed by atoms with Crippen LogP contribution in [-0.2, 0) is 25.3 Å². The van der Waals surface area contributed by atoms with Crippen molar-refractivity contribution in [1.82, 2.24) is 29.9 Å². The van der Waals surface area contributed by atoms with E-state index in [2.05, 4.69) is 20.5 Å². The van der Waals surface area contributed by atoms with Gasteiger partial charge in [-0.3, -0.25) is 19.4 Å². The summed E-state index contributed by atoms with van der Waals surface area (Å²) in [5.41, 5.74) is 1.10. The Morgan fingerprint density at radius 2 is 1.55 bits per heavy atom. The highest BCUT2D eigenvalue weighted by atomic mass is 35.5. The number of aromatic nitrogens is 5. The van der Waals surface area contributed by atoms with E-state index in [9.17, 15) is 46.2 Å². The van der Waals surface area contributed by atoms with Gasteiger partial charge in [0, 0.05) is 55.5 Å². The zero-order valence-corrected chi connectivity index (χ0v) is 29.6. The van der Waals surface area contributed by atoms with Crippen molar-refractivity contribution in [2.45, 2.75) is 51.9 Å². The number of benzene rings is 2. The molecule has 0 unspecified atom stereocenters. The molecule has 0 aliphatic heterocycles. The van der Waals surface area contributed by atoms with Gasteiger partial charge in [0.05, 0.1) is 11.2 Å². The van der Waals surface area contributed by atoms with Crippen LogP contribution in [0.25, 0.3) is 22.2 Å². The summed E-state index contributed by atoms with van der Waals surface area (Å²) in [6.45, 7) is 4.69. The van der Waals surface area contributed by atoms with Crippen LogP contribution in [0.15, 0.2) is 64.3 Å². The number of hydrogen-bond acceptors (Lipinski definition) is 8. The predicted octanol–water partition coefficient (Wildman–Crippen LogP) is 5.50. The summed E-state index contributed by atoms with van der Waals surface area (Å²) >= 11 is 5.62. The number of rotatable bonds is 9. The fraction of sp³-hybridized carbons (Fsp3) is 0.286. The average Bonchev–Trinajstić information content (AvgIpc) is 3.07. The first-order valence-electron chi connectivity index (χ1n) is 15.8. The molecule has 0 radical (unpaired) electrons. The molecule has 0 spiro atoms. The number of anilines is 1. The lowest BCUT2D eigenvalue weighted by Crippen LogP contribution is -2.43. The van der Waals surface area contributed by atoms with Gasteiger partial charge in [0.1, 0.15) is 29.3 Å². The van der Waals surface area contributed by atoms with E-state index in [1.54, 1.807) is 45.2 Å². The molecule has 12 nitrogen and oxygen atoms in total. The molecule has 3 N–H and O–H groups in total. The number of alkyl halides is 3. The van der Waals surface area contributed by atoms with Crippen molar-refractivity contribution < 1.29 is 36.6 Å². The fourth-order valence-corrected chi connectivity index (χ4v) is 5.40. The largest absolute Gasteiger partial charge is 0.480 e. The van der Waals surface area contributed by atoms with Crippen LogP contribution in [0.2, 0.25) is 5.15 Å². The smallest absolute Gasteiger partial charge is 0.408 e. The zero-order valence-electron chi connectivity index (χ0n) is 28.8. The topological polar surface area (TPSA) is 161 Å². The van der Waals surface area contributed by atoms with Gasteiger partial charge in [-0.2, -0.15) is 23.4 Å². The second-order valence-electron chi connectivity index (χ2n) is 11.9. The number of amides is 1. The van der Waals surface area contributed by atoms with Crippen molar-refractivity contribution in [3.63, 3.8) is 0 Å². The summed E-state index contributed by atoms with van der Waals surface area (Å²) in [6, 6.07) is 6.75. The van der Waals surface area contributed by atoms with Gasteiger partial charge in [-0.1, -0.05) is 36.7 Å². The first-order chi connectivity index (χ1) is 24.8. The maximum absolute atomic E-state index is 14.8. The first kappa shape index (κ1) is 40.1. The number of halogens is 6. The van der Waals surface area contributed by atoms with Gasteiger partial charge in [-0.15, -0.1) is 0 Å². The van der Waals surface area contributed by atoms with Gasteiger partial charge in [0.2, 0.25) is 0 Å². The van der Waals surface area contributed by atoms with Crippen LogP contribution in [-0.4, -0.2) is 59.8 Å². The van der Waals surface area contributed by atoms with Gasteiger partial charge in [0.25, 0.3) is 17.0 Å². The fourth-order valence-electron chi connectivity index (χ4n) is 5.23. The molecule has 0 fully saturated rings. The predicted molar refractivity (Wildman–Crippen MR) is 187 cm³/mol. The average molecular weight is 762 g/mol. The van der Waals surface area contributed by atoms with Crippen molar-refractivity contribution in [2.75, 3.05) is 5.32 Å². The van der Waals surface area contributed by atoms with E-state index in [0.29, 0.717) is 56.1 Å². The van der Waals surface area contributed by atoms with Gasteiger partial charge in [-0.05, 0) is 55.2 Å². The molecule has 53 heavy (non-hydrogen) atoms. The van der Waals surface area contributed by atoms with Crippen LogP contribution >= 0.6 is 11.6 Å². The number of nitrogens with one attached hydrogen (secondary N) is 2. The van der Waals surface area contributed by atoms with E-state index in [1.807, 2.05) is 5.32 Å². The van der Waals surface area contributed by atoms with Crippen molar-refractivity contribution in [3.05, 3.63) is 114 Å². The molecule has 2 atom stereocenters. The molecule has 0 bridgehead atoms. The van der Waals surface area contributed by atoms with Crippen LogP contribution in [0, 0.1) is 25.5 Å². The number of carbonyl (C=O) groups is 2. The number of aryl methyl sites for hydroxylation is 4. The normalized spacial score (nSPS) is 12.4. The Kier molecular flexibility index (Phi) is 12.3. The third-order valence-corrected chi connectivity index (χ3v) is 8.43. The number of nitrogens with zero attached hydrogens (tertiary/aromatic N) is 5. The van der Waals surface area contributed by atoms with Gasteiger partial charge in [0.15, 0.2) is 5.15 Å². The number of pyridine rings is 1. The van der Waals surface area contributed by atoms with E-state index in [-0.39, 0.29) is 17.5 Å². The Morgan fingerprint density at radius 3 is 2.11 bits per heavy atom. The molecule has 5 rings (SSSR count). The number of fused-ring (bicyclic) bond motifs is 1. The zero-order chi connectivity index (χ0) is 39.4. The Bertz CT molecular complexity index is 2290. The van der Waals surface area contributed by atoms with E-state index in [1.165, 1.54) is 41.7 Å². The number of hydrogen-bond donors (Lipinski definition) is 3. The van der Waals surface area contributed by atoms with Crippen molar-refractivity contribution >= 4 is 40.1 Å². The first-order valence-corrected chi connectivity index (χ1v) is 16.2. The van der Waals surface area contributed by atoms with Crippen LogP contribution in [0.3, 0.4) is 0 Å². The Morgan fingerprint density at radius 1 is 0.943 bits per heavy atom. The Labute approximate surface area is 303 Å². The summed E-state index contributed by atoms with van der Waals surface area (Å²) in [5, 5.41) is 22.9. The summed E-state index contributed by atoms with van der Waals surface area (Å²) in [4.78, 5) is 52.2. The Hall–Kier alpha value is -5.71. The molecular weight excluding hydrogens is 729 g/mol. The molecule has 0 aliphatic rings. The Balaban J connectivity index is 0.000000541. The van der Waals surface area contributed by atoms with Crippen molar-refractivity contribution in [3.8, 4) is 11.3 Å².